The Morgan fingerprint density at radius 1 is 1.00 bits per heavy atom. The molecule has 1 unspecified atom stereocenters. The monoisotopic (exact) mass is 595 g/mol. The molecule has 0 N–H and O–H groups in total. The molecule has 37 heavy (non-hydrogen) atoms. The zero-order valence-electron chi connectivity index (χ0n) is 21.8. The van der Waals surface area contributed by atoms with Crippen LogP contribution < -0.4 is 0 Å². The Bertz CT molecular complexity index is 1170. The van der Waals surface area contributed by atoms with E-state index in [1.807, 2.05) is 0 Å². The smallest absolute Gasteiger partial charge is 0.315 e. The van der Waals surface area contributed by atoms with Gasteiger partial charge in [0.05, 0.1) is 25.3 Å². The molecule has 1 aliphatic rings. The van der Waals surface area contributed by atoms with E-state index < -0.39 is 21.8 Å². The average Bonchev–Trinajstić information content (AvgIpc) is 3.48. The number of benzene rings is 1. The molecule has 0 aliphatic carbocycles. The van der Waals surface area contributed by atoms with Gasteiger partial charge in [-0.05, 0) is 47.0 Å². The molecule has 7 nitrogen and oxygen atoms in total. The van der Waals surface area contributed by atoms with E-state index in [-0.39, 0.29) is 16.4 Å². The molecule has 9 heteroatoms. The van der Waals surface area contributed by atoms with Crippen molar-refractivity contribution in [2.45, 2.75) is 94.9 Å². The van der Waals surface area contributed by atoms with Crippen LogP contribution in [0.3, 0.4) is 0 Å². The molecular formula is C28H38BrNO6S. The van der Waals surface area contributed by atoms with Gasteiger partial charge in [-0.3, -0.25) is 13.8 Å². The number of ketones is 1. The summed E-state index contributed by atoms with van der Waals surface area (Å²) in [5.74, 6) is -1.19. The molecule has 3 rings (SSSR count). The molecule has 1 atom stereocenters. The molecule has 0 amide bonds. The van der Waals surface area contributed by atoms with Crippen LogP contribution in [0.4, 0.5) is 0 Å². The Kier molecular flexibility index (Phi) is 11.4. The topological polar surface area (TPSA) is 91.7 Å². The van der Waals surface area contributed by atoms with Gasteiger partial charge in [0.2, 0.25) is 5.78 Å². The molecule has 0 radical (unpaired) electrons. The molecular weight excluding hydrogens is 558 g/mol. The maximum Gasteiger partial charge on any atom is 0.315 e. The number of esters is 1. The van der Waals surface area contributed by atoms with Crippen LogP contribution in [0.5, 0.6) is 0 Å². The van der Waals surface area contributed by atoms with Crippen molar-refractivity contribution in [1.82, 2.24) is 4.57 Å². The second-order valence-corrected chi connectivity index (χ2v) is 12.1. The predicted molar refractivity (Wildman–Crippen MR) is 146 cm³/mol. The van der Waals surface area contributed by atoms with Crippen molar-refractivity contribution in [3.8, 4) is 0 Å². The number of aromatic nitrogens is 1. The highest BCUT2D eigenvalue weighted by Gasteiger charge is 2.36. The summed E-state index contributed by atoms with van der Waals surface area (Å²) < 4.78 is 37.3. The zero-order chi connectivity index (χ0) is 26.8. The highest BCUT2D eigenvalue weighted by atomic mass is 79.9. The lowest BCUT2D eigenvalue weighted by molar-refractivity contribution is -0.145. The minimum atomic E-state index is -4.05. The molecule has 0 spiro atoms. The standard InChI is InChI=1S/C28H38BrNO6S/c1-3-4-5-6-7-8-9-10-11-14-19-36-28(32)22-17-18-30-24(20-23(29)26(22)30)27(31)21-15-12-13-16-25(21)37(33,34)35-2/h12-13,15-16,20,22H,3-11,14,17-19H2,1-2H3. The number of ether oxygens (including phenoxy) is 1. The number of unbranched alkanes of at least 4 members (excludes halogenated alkanes) is 9. The average molecular weight is 597 g/mol. The predicted octanol–water partition coefficient (Wildman–Crippen LogP) is 6.77. The maximum absolute atomic E-state index is 13.4. The Labute approximate surface area is 229 Å². The summed E-state index contributed by atoms with van der Waals surface area (Å²) in [4.78, 5) is 26.1. The summed E-state index contributed by atoms with van der Waals surface area (Å²) in [7, 11) is -2.99. The van der Waals surface area contributed by atoms with Gasteiger partial charge >= 0.3 is 5.97 Å². The van der Waals surface area contributed by atoms with Gasteiger partial charge in [-0.25, -0.2) is 0 Å². The number of rotatable bonds is 16. The summed E-state index contributed by atoms with van der Waals surface area (Å²) in [6.45, 7) is 3.10. The van der Waals surface area contributed by atoms with Crippen molar-refractivity contribution >= 4 is 37.8 Å². The Hall–Kier alpha value is -1.97. The Morgan fingerprint density at radius 3 is 2.27 bits per heavy atom. The van der Waals surface area contributed by atoms with E-state index in [2.05, 4.69) is 27.0 Å². The van der Waals surface area contributed by atoms with Crippen molar-refractivity contribution in [2.75, 3.05) is 13.7 Å². The van der Waals surface area contributed by atoms with Crippen LogP contribution in [-0.4, -0.2) is 38.5 Å². The minimum absolute atomic E-state index is 0.0316. The SMILES string of the molecule is CCCCCCCCCCCCOC(=O)C1CCn2c(C(=O)c3ccccc3S(=O)(=O)OC)cc(Br)c21. The van der Waals surface area contributed by atoms with E-state index in [4.69, 9.17) is 4.74 Å². The number of hydrogen-bond donors (Lipinski definition) is 0. The summed E-state index contributed by atoms with van der Waals surface area (Å²) in [5, 5.41) is 0. The van der Waals surface area contributed by atoms with Crippen molar-refractivity contribution in [2.24, 2.45) is 0 Å². The highest BCUT2D eigenvalue weighted by Crippen LogP contribution is 2.38. The third-order valence-corrected chi connectivity index (χ3v) is 8.91. The molecule has 1 aromatic carbocycles. The first-order valence-corrected chi connectivity index (χ1v) is 15.5. The Balaban J connectivity index is 1.55. The molecule has 2 heterocycles. The van der Waals surface area contributed by atoms with Gasteiger partial charge in [-0.2, -0.15) is 8.42 Å². The molecule has 0 saturated carbocycles. The summed E-state index contributed by atoms with van der Waals surface area (Å²) in [6.07, 6.45) is 12.7. The molecule has 0 saturated heterocycles. The fraction of sp³-hybridized carbons (Fsp3) is 0.571. The second-order valence-electron chi connectivity index (χ2n) is 9.55. The van der Waals surface area contributed by atoms with Gasteiger partial charge in [-0.15, -0.1) is 0 Å². The van der Waals surface area contributed by atoms with Crippen molar-refractivity contribution in [3.05, 3.63) is 51.8 Å². The summed E-state index contributed by atoms with van der Waals surface area (Å²) in [5.41, 5.74) is 1.05. The quantitative estimate of drug-likeness (QED) is 0.0920. The number of carbonyl (C=O) groups excluding carboxylic acids is 2. The Morgan fingerprint density at radius 2 is 1.62 bits per heavy atom. The van der Waals surface area contributed by atoms with E-state index in [1.165, 1.54) is 57.1 Å². The lowest BCUT2D eigenvalue weighted by Gasteiger charge is -2.11. The fourth-order valence-corrected chi connectivity index (χ4v) is 6.46. The van der Waals surface area contributed by atoms with Gasteiger partial charge in [0.1, 0.15) is 4.90 Å². The second kappa shape index (κ2) is 14.3. The van der Waals surface area contributed by atoms with Gasteiger partial charge in [-0.1, -0.05) is 76.8 Å². The van der Waals surface area contributed by atoms with E-state index in [9.17, 15) is 18.0 Å². The number of fused-ring (bicyclic) bond motifs is 1. The molecule has 1 aromatic heterocycles. The summed E-state index contributed by atoms with van der Waals surface area (Å²) >= 11 is 3.50. The maximum atomic E-state index is 13.4. The molecule has 204 valence electrons. The van der Waals surface area contributed by atoms with E-state index in [0.717, 1.165) is 26.4 Å². The molecule has 1 aliphatic heterocycles. The molecule has 0 bridgehead atoms. The number of halogens is 1. The third-order valence-electron chi connectivity index (χ3n) is 6.94. The lowest BCUT2D eigenvalue weighted by Crippen LogP contribution is -2.15. The van der Waals surface area contributed by atoms with E-state index >= 15 is 0 Å². The highest BCUT2D eigenvalue weighted by molar-refractivity contribution is 9.10. The fourth-order valence-electron chi connectivity index (χ4n) is 4.90. The van der Waals surface area contributed by atoms with Crippen LogP contribution >= 0.6 is 15.9 Å². The van der Waals surface area contributed by atoms with Crippen LogP contribution in [-0.2, 0) is 30.4 Å². The van der Waals surface area contributed by atoms with Crippen LogP contribution in [0.1, 0.15) is 105 Å². The van der Waals surface area contributed by atoms with E-state index in [1.54, 1.807) is 22.8 Å². The summed E-state index contributed by atoms with van der Waals surface area (Å²) in [6, 6.07) is 7.62. The minimum Gasteiger partial charge on any atom is -0.465 e. The first kappa shape index (κ1) is 29.6. The normalized spacial score (nSPS) is 15.1. The van der Waals surface area contributed by atoms with Crippen molar-refractivity contribution in [1.29, 1.82) is 0 Å². The van der Waals surface area contributed by atoms with Crippen LogP contribution in [0.25, 0.3) is 0 Å². The first-order chi connectivity index (χ1) is 17.8. The zero-order valence-corrected chi connectivity index (χ0v) is 24.2. The van der Waals surface area contributed by atoms with Crippen LogP contribution in [0.2, 0.25) is 0 Å². The van der Waals surface area contributed by atoms with Gasteiger partial charge in [0.25, 0.3) is 10.1 Å². The third kappa shape index (κ3) is 7.54. The number of hydrogen-bond acceptors (Lipinski definition) is 6. The van der Waals surface area contributed by atoms with E-state index in [0.29, 0.717) is 35.4 Å². The molecule has 2 aromatic rings. The first-order valence-electron chi connectivity index (χ1n) is 13.3. The molecule has 0 fully saturated rings. The number of nitrogens with zero attached hydrogens (tertiary/aromatic N) is 1. The van der Waals surface area contributed by atoms with Crippen LogP contribution in [0.15, 0.2) is 39.7 Å². The van der Waals surface area contributed by atoms with Crippen LogP contribution in [0, 0.1) is 0 Å². The van der Waals surface area contributed by atoms with Crippen molar-refractivity contribution < 1.29 is 26.9 Å². The van der Waals surface area contributed by atoms with Gasteiger partial charge < -0.3 is 9.30 Å². The number of carbonyl (C=O) groups is 2. The van der Waals surface area contributed by atoms with Gasteiger partial charge in [0.15, 0.2) is 0 Å². The van der Waals surface area contributed by atoms with Gasteiger partial charge in [0, 0.05) is 22.3 Å². The van der Waals surface area contributed by atoms with Crippen molar-refractivity contribution in [3.63, 3.8) is 0 Å². The lowest BCUT2D eigenvalue weighted by atomic mass is 10.0. The largest absolute Gasteiger partial charge is 0.465 e.